The summed E-state index contributed by atoms with van der Waals surface area (Å²) in [5.41, 5.74) is 4.39. The van der Waals surface area contributed by atoms with Crippen molar-refractivity contribution in [3.05, 3.63) is 100.0 Å². The molecular formula is C22H16Br2IN3O4. The summed E-state index contributed by atoms with van der Waals surface area (Å²) in [6.45, 7) is 0.420. The molecule has 0 saturated carbocycles. The summed E-state index contributed by atoms with van der Waals surface area (Å²) < 4.78 is 8.54. The van der Waals surface area contributed by atoms with Crippen molar-refractivity contribution in [2.75, 3.05) is 0 Å². The largest absolute Gasteiger partial charge is 0.487 e. The number of rotatable bonds is 8. The summed E-state index contributed by atoms with van der Waals surface area (Å²) in [7, 11) is 0. The molecule has 7 nitrogen and oxygen atoms in total. The standard InChI is InChI=1S/C22H16Br2IN3O4/c23-18-9-15(10-19(24)22(18)32-13-14-5-7-17(25)8-6-14)12-26-27-21(29)11-16-3-1-2-4-20(16)28(30)31/h1-10,12H,11,13H2,(H,27,29)/b26-12+. The number of nitro benzene ring substituents is 1. The molecular weight excluding hydrogens is 657 g/mol. The van der Waals surface area contributed by atoms with Crippen LogP contribution in [0.5, 0.6) is 5.75 Å². The molecule has 0 radical (unpaired) electrons. The van der Waals surface area contributed by atoms with Crippen molar-refractivity contribution in [1.29, 1.82) is 0 Å². The van der Waals surface area contributed by atoms with Gasteiger partial charge in [0.15, 0.2) is 0 Å². The van der Waals surface area contributed by atoms with Gasteiger partial charge in [-0.15, -0.1) is 0 Å². The average Bonchev–Trinajstić information content (AvgIpc) is 2.74. The van der Waals surface area contributed by atoms with Crippen molar-refractivity contribution in [1.82, 2.24) is 5.43 Å². The second-order valence-corrected chi connectivity index (χ2v) is 9.54. The Morgan fingerprint density at radius 1 is 1.12 bits per heavy atom. The van der Waals surface area contributed by atoms with Crippen molar-refractivity contribution in [2.45, 2.75) is 13.0 Å². The minimum Gasteiger partial charge on any atom is -0.487 e. The minimum atomic E-state index is -0.511. The second kappa shape index (κ2) is 11.5. The second-order valence-electron chi connectivity index (χ2n) is 6.58. The third-order valence-electron chi connectivity index (χ3n) is 4.26. The highest BCUT2D eigenvalue weighted by atomic mass is 127. The lowest BCUT2D eigenvalue weighted by Gasteiger charge is -2.11. The van der Waals surface area contributed by atoms with Gasteiger partial charge < -0.3 is 4.74 Å². The molecule has 10 heteroatoms. The van der Waals surface area contributed by atoms with Crippen LogP contribution in [0.2, 0.25) is 0 Å². The number of carbonyl (C=O) groups is 1. The van der Waals surface area contributed by atoms with Crippen LogP contribution in [-0.4, -0.2) is 17.0 Å². The molecule has 0 atom stereocenters. The molecule has 0 aromatic heterocycles. The third kappa shape index (κ3) is 6.84. The van der Waals surface area contributed by atoms with Gasteiger partial charge in [-0.25, -0.2) is 5.43 Å². The molecule has 32 heavy (non-hydrogen) atoms. The van der Waals surface area contributed by atoms with Gasteiger partial charge in [0, 0.05) is 15.2 Å². The van der Waals surface area contributed by atoms with E-state index in [0.29, 0.717) is 17.9 Å². The van der Waals surface area contributed by atoms with Crippen LogP contribution >= 0.6 is 54.5 Å². The summed E-state index contributed by atoms with van der Waals surface area (Å²) in [4.78, 5) is 22.7. The summed E-state index contributed by atoms with van der Waals surface area (Å²) in [5.74, 6) is 0.201. The first-order valence-electron chi connectivity index (χ1n) is 9.24. The van der Waals surface area contributed by atoms with E-state index in [1.807, 2.05) is 36.4 Å². The van der Waals surface area contributed by atoms with Gasteiger partial charge in [0.05, 0.1) is 26.5 Å². The Kier molecular flexibility index (Phi) is 8.76. The van der Waals surface area contributed by atoms with E-state index in [9.17, 15) is 14.9 Å². The molecule has 0 unspecified atom stereocenters. The van der Waals surface area contributed by atoms with Crippen LogP contribution in [0.1, 0.15) is 16.7 Å². The van der Waals surface area contributed by atoms with E-state index in [1.165, 1.54) is 12.3 Å². The van der Waals surface area contributed by atoms with Crippen LogP contribution in [-0.2, 0) is 17.8 Å². The molecule has 0 aliphatic rings. The maximum Gasteiger partial charge on any atom is 0.273 e. The van der Waals surface area contributed by atoms with E-state index >= 15 is 0 Å². The number of halogens is 3. The normalized spacial score (nSPS) is 10.8. The molecule has 3 aromatic carbocycles. The van der Waals surface area contributed by atoms with Gasteiger partial charge in [-0.2, -0.15) is 5.10 Å². The van der Waals surface area contributed by atoms with E-state index in [2.05, 4.69) is 65.0 Å². The van der Waals surface area contributed by atoms with Crippen molar-refractivity contribution in [2.24, 2.45) is 5.10 Å². The summed E-state index contributed by atoms with van der Waals surface area (Å²) in [5, 5.41) is 15.0. The SMILES string of the molecule is O=C(Cc1ccccc1[N+](=O)[O-])N/N=C/c1cc(Br)c(OCc2ccc(I)cc2)c(Br)c1. The zero-order valence-electron chi connectivity index (χ0n) is 16.4. The predicted molar refractivity (Wildman–Crippen MR) is 138 cm³/mol. The maximum atomic E-state index is 12.1. The van der Waals surface area contributed by atoms with Crippen LogP contribution in [0.3, 0.4) is 0 Å². The lowest BCUT2D eigenvalue weighted by molar-refractivity contribution is -0.385. The number of hydrazone groups is 1. The summed E-state index contributed by atoms with van der Waals surface area (Å²) >= 11 is 9.25. The fraction of sp³-hybridized carbons (Fsp3) is 0.0909. The number of nitro groups is 1. The highest BCUT2D eigenvalue weighted by Gasteiger charge is 2.15. The molecule has 0 aliphatic carbocycles. The fourth-order valence-electron chi connectivity index (χ4n) is 2.76. The van der Waals surface area contributed by atoms with Gasteiger partial charge in [-0.05, 0) is 89.8 Å². The van der Waals surface area contributed by atoms with Gasteiger partial charge in [-0.3, -0.25) is 14.9 Å². The number of ether oxygens (including phenoxy) is 1. The Balaban J connectivity index is 1.60. The molecule has 0 fully saturated rings. The van der Waals surface area contributed by atoms with Crippen LogP contribution < -0.4 is 10.2 Å². The Labute approximate surface area is 214 Å². The summed E-state index contributed by atoms with van der Waals surface area (Å²) in [6, 6.07) is 17.8. The van der Waals surface area contributed by atoms with Gasteiger partial charge in [0.25, 0.3) is 5.69 Å². The molecule has 0 saturated heterocycles. The van der Waals surface area contributed by atoms with Crippen molar-refractivity contribution < 1.29 is 14.5 Å². The molecule has 3 aromatic rings. The molecule has 1 amide bonds. The maximum absolute atomic E-state index is 12.1. The first-order chi connectivity index (χ1) is 15.3. The van der Waals surface area contributed by atoms with Gasteiger partial charge in [0.2, 0.25) is 5.91 Å². The molecule has 0 bridgehead atoms. The molecule has 0 aliphatic heterocycles. The number of nitrogens with one attached hydrogen (secondary N) is 1. The fourth-order valence-corrected chi connectivity index (χ4v) is 4.57. The topological polar surface area (TPSA) is 93.8 Å². The van der Waals surface area contributed by atoms with E-state index in [0.717, 1.165) is 23.6 Å². The van der Waals surface area contributed by atoms with E-state index in [-0.39, 0.29) is 12.1 Å². The Morgan fingerprint density at radius 3 is 2.44 bits per heavy atom. The van der Waals surface area contributed by atoms with Crippen LogP contribution in [0.25, 0.3) is 0 Å². The number of para-hydroxylation sites is 1. The van der Waals surface area contributed by atoms with E-state index < -0.39 is 10.8 Å². The number of benzene rings is 3. The quantitative estimate of drug-likeness (QED) is 0.138. The van der Waals surface area contributed by atoms with E-state index in [4.69, 9.17) is 4.74 Å². The van der Waals surface area contributed by atoms with Crippen LogP contribution in [0.4, 0.5) is 5.69 Å². The number of hydrogen-bond donors (Lipinski definition) is 1. The molecule has 1 N–H and O–H groups in total. The molecule has 164 valence electrons. The minimum absolute atomic E-state index is 0.0969. The van der Waals surface area contributed by atoms with Crippen LogP contribution in [0.15, 0.2) is 74.7 Å². The number of amides is 1. The average molecular weight is 673 g/mol. The van der Waals surface area contributed by atoms with Gasteiger partial charge in [-0.1, -0.05) is 30.3 Å². The Hall–Kier alpha value is -2.31. The highest BCUT2D eigenvalue weighted by molar-refractivity contribution is 14.1. The van der Waals surface area contributed by atoms with E-state index in [1.54, 1.807) is 18.2 Å². The first kappa shape index (κ1) is 24.3. The van der Waals surface area contributed by atoms with Crippen molar-refractivity contribution >= 4 is 72.3 Å². The van der Waals surface area contributed by atoms with Crippen molar-refractivity contribution in [3.63, 3.8) is 0 Å². The predicted octanol–water partition coefficient (Wildman–Crippen LogP) is 6.00. The smallest absolute Gasteiger partial charge is 0.273 e. The van der Waals surface area contributed by atoms with Crippen molar-refractivity contribution in [3.8, 4) is 5.75 Å². The highest BCUT2D eigenvalue weighted by Crippen LogP contribution is 2.35. The Bertz CT molecular complexity index is 1150. The number of nitrogens with zero attached hydrogens (tertiary/aromatic N) is 2. The molecule has 0 spiro atoms. The lowest BCUT2D eigenvalue weighted by atomic mass is 10.1. The lowest BCUT2D eigenvalue weighted by Crippen LogP contribution is -2.20. The molecule has 0 heterocycles. The zero-order chi connectivity index (χ0) is 23.1. The third-order valence-corrected chi connectivity index (χ3v) is 6.16. The summed E-state index contributed by atoms with van der Waals surface area (Å²) in [6.07, 6.45) is 1.34. The zero-order valence-corrected chi connectivity index (χ0v) is 21.8. The molecule has 3 rings (SSSR count). The van der Waals surface area contributed by atoms with Crippen LogP contribution in [0, 0.1) is 13.7 Å². The number of hydrogen-bond acceptors (Lipinski definition) is 5. The van der Waals surface area contributed by atoms with Gasteiger partial charge >= 0.3 is 0 Å². The Morgan fingerprint density at radius 2 is 1.78 bits per heavy atom. The van der Waals surface area contributed by atoms with Gasteiger partial charge in [0.1, 0.15) is 12.4 Å². The monoisotopic (exact) mass is 671 g/mol. The number of carbonyl (C=O) groups excluding carboxylic acids is 1. The first-order valence-corrected chi connectivity index (χ1v) is 11.9.